The number of ketones is 2. The van der Waals surface area contributed by atoms with Crippen LogP contribution in [0, 0.1) is 5.92 Å². The summed E-state index contributed by atoms with van der Waals surface area (Å²) in [5, 5.41) is 1.10. The summed E-state index contributed by atoms with van der Waals surface area (Å²) in [7, 11) is 0. The second kappa shape index (κ2) is 7.36. The zero-order chi connectivity index (χ0) is 19.8. The number of aromatic amines is 1. The fraction of sp³-hybridized carbons (Fsp3) is 0.227. The molecule has 5 nitrogen and oxygen atoms in total. The van der Waals surface area contributed by atoms with Crippen molar-refractivity contribution in [3.8, 4) is 0 Å². The number of carbonyl (C=O) groups excluding carboxylic acids is 3. The summed E-state index contributed by atoms with van der Waals surface area (Å²) >= 11 is 3.40. The zero-order valence-corrected chi connectivity index (χ0v) is 16.9. The summed E-state index contributed by atoms with van der Waals surface area (Å²) < 4.78 is 0.900. The van der Waals surface area contributed by atoms with Crippen molar-refractivity contribution in [1.82, 2.24) is 9.88 Å². The van der Waals surface area contributed by atoms with E-state index in [1.165, 1.54) is 6.92 Å². The largest absolute Gasteiger partial charge is 0.361 e. The number of fused-ring (bicyclic) bond motifs is 1. The second-order valence-electron chi connectivity index (χ2n) is 7.06. The van der Waals surface area contributed by atoms with E-state index in [1.807, 2.05) is 54.7 Å². The summed E-state index contributed by atoms with van der Waals surface area (Å²) in [6.45, 7) is 1.75. The van der Waals surface area contributed by atoms with E-state index in [9.17, 15) is 14.4 Å². The third kappa shape index (κ3) is 3.18. The summed E-state index contributed by atoms with van der Waals surface area (Å²) in [4.78, 5) is 42.2. The van der Waals surface area contributed by atoms with Crippen molar-refractivity contribution in [3.63, 3.8) is 0 Å². The second-order valence-corrected chi connectivity index (χ2v) is 7.97. The van der Waals surface area contributed by atoms with Gasteiger partial charge in [0.15, 0.2) is 0 Å². The monoisotopic (exact) mass is 438 g/mol. The van der Waals surface area contributed by atoms with Gasteiger partial charge < -0.3 is 9.88 Å². The van der Waals surface area contributed by atoms with E-state index in [0.29, 0.717) is 13.0 Å². The quantitative estimate of drug-likeness (QED) is 0.485. The maximum atomic E-state index is 12.7. The number of halogens is 1. The van der Waals surface area contributed by atoms with Crippen molar-refractivity contribution in [2.75, 3.05) is 6.54 Å². The lowest BCUT2D eigenvalue weighted by Crippen LogP contribution is -2.32. The van der Waals surface area contributed by atoms with Crippen molar-refractivity contribution in [2.45, 2.75) is 19.4 Å². The number of carbonyl (C=O) groups is 3. The Morgan fingerprint density at radius 2 is 1.82 bits per heavy atom. The fourth-order valence-electron chi connectivity index (χ4n) is 3.98. The van der Waals surface area contributed by atoms with Crippen LogP contribution in [0.3, 0.4) is 0 Å². The number of likely N-dealkylation sites (tertiary alicyclic amines) is 1. The molecule has 1 aliphatic rings. The van der Waals surface area contributed by atoms with E-state index in [0.717, 1.165) is 26.5 Å². The predicted molar refractivity (Wildman–Crippen MR) is 110 cm³/mol. The first-order valence-corrected chi connectivity index (χ1v) is 9.92. The minimum absolute atomic E-state index is 0.277. The number of nitrogens with zero attached hydrogens (tertiary/aromatic N) is 1. The van der Waals surface area contributed by atoms with Crippen LogP contribution in [0.2, 0.25) is 0 Å². The van der Waals surface area contributed by atoms with Crippen LogP contribution >= 0.6 is 15.9 Å². The maximum absolute atomic E-state index is 12.7. The molecule has 0 saturated carbocycles. The lowest BCUT2D eigenvalue weighted by molar-refractivity contribution is -0.142. The van der Waals surface area contributed by atoms with Gasteiger partial charge in [0.1, 0.15) is 11.7 Å². The Morgan fingerprint density at radius 3 is 2.54 bits per heavy atom. The standard InChI is InChI=1S/C22H19BrN2O3/c1-13(26)19-20(14-6-8-16(23)9-7-14)25(22(28)21(19)27)11-10-15-12-24-18-5-3-2-4-17(15)18/h2-9,12,19-20,24H,10-11H2,1H3. The number of benzene rings is 2. The van der Waals surface area contributed by atoms with Crippen molar-refractivity contribution < 1.29 is 14.4 Å². The summed E-state index contributed by atoms with van der Waals surface area (Å²) in [5.41, 5.74) is 2.91. The number of aromatic nitrogens is 1. The molecule has 1 saturated heterocycles. The third-order valence-electron chi connectivity index (χ3n) is 5.35. The molecule has 2 atom stereocenters. The Hall–Kier alpha value is -2.73. The Kier molecular flexibility index (Phi) is 4.89. The molecule has 1 aromatic heterocycles. The molecule has 1 fully saturated rings. The van der Waals surface area contributed by atoms with Crippen molar-refractivity contribution in [3.05, 3.63) is 70.3 Å². The molecule has 3 aromatic rings. The summed E-state index contributed by atoms with van der Waals surface area (Å²) in [6.07, 6.45) is 2.53. The Bertz CT molecular complexity index is 1070. The Balaban J connectivity index is 1.66. The highest BCUT2D eigenvalue weighted by Crippen LogP contribution is 2.37. The van der Waals surface area contributed by atoms with Crippen LogP contribution in [0.15, 0.2) is 59.2 Å². The lowest BCUT2D eigenvalue weighted by Gasteiger charge is -2.27. The molecule has 1 N–H and O–H groups in total. The molecular weight excluding hydrogens is 420 g/mol. The van der Waals surface area contributed by atoms with E-state index in [4.69, 9.17) is 0 Å². The number of hydrogen-bond donors (Lipinski definition) is 1. The van der Waals surface area contributed by atoms with Gasteiger partial charge in [-0.05, 0) is 42.7 Å². The van der Waals surface area contributed by atoms with E-state index in [2.05, 4.69) is 20.9 Å². The molecule has 142 valence electrons. The highest BCUT2D eigenvalue weighted by Gasteiger charge is 2.49. The molecule has 2 unspecified atom stereocenters. The van der Waals surface area contributed by atoms with Crippen LogP contribution in [0.4, 0.5) is 0 Å². The Morgan fingerprint density at radius 1 is 1.11 bits per heavy atom. The van der Waals surface area contributed by atoms with Crippen molar-refractivity contribution >= 4 is 44.3 Å². The van der Waals surface area contributed by atoms with Gasteiger partial charge in [-0.15, -0.1) is 0 Å². The van der Waals surface area contributed by atoms with Gasteiger partial charge in [0.25, 0.3) is 5.91 Å². The van der Waals surface area contributed by atoms with Gasteiger partial charge in [0.05, 0.1) is 6.04 Å². The van der Waals surface area contributed by atoms with Crippen molar-refractivity contribution in [2.24, 2.45) is 5.92 Å². The number of Topliss-reactive ketones (excluding diaryl/α,β-unsaturated/α-hetero) is 2. The first-order valence-electron chi connectivity index (χ1n) is 9.13. The molecule has 0 bridgehead atoms. The molecule has 28 heavy (non-hydrogen) atoms. The maximum Gasteiger partial charge on any atom is 0.291 e. The van der Waals surface area contributed by atoms with Crippen molar-refractivity contribution in [1.29, 1.82) is 0 Å². The Labute approximate surface area is 170 Å². The third-order valence-corrected chi connectivity index (χ3v) is 5.88. The molecule has 0 radical (unpaired) electrons. The number of para-hydroxylation sites is 1. The zero-order valence-electron chi connectivity index (χ0n) is 15.3. The topological polar surface area (TPSA) is 70.2 Å². The number of H-pyrrole nitrogens is 1. The first-order chi connectivity index (χ1) is 13.5. The summed E-state index contributed by atoms with van der Waals surface area (Å²) in [5.74, 6) is -2.41. The van der Waals surface area contributed by atoms with E-state index in [-0.39, 0.29) is 5.78 Å². The van der Waals surface area contributed by atoms with Gasteiger partial charge in [-0.2, -0.15) is 0 Å². The highest BCUT2D eigenvalue weighted by atomic mass is 79.9. The molecular formula is C22H19BrN2O3. The molecule has 4 rings (SSSR count). The van der Waals surface area contributed by atoms with Crippen LogP contribution < -0.4 is 0 Å². The minimum Gasteiger partial charge on any atom is -0.361 e. The van der Waals surface area contributed by atoms with E-state index < -0.39 is 23.7 Å². The van der Waals surface area contributed by atoms with Crippen LogP contribution in [0.1, 0.15) is 24.1 Å². The smallest absolute Gasteiger partial charge is 0.291 e. The number of hydrogen-bond acceptors (Lipinski definition) is 3. The van der Waals surface area contributed by atoms with Crippen LogP contribution in [0.25, 0.3) is 10.9 Å². The summed E-state index contributed by atoms with van der Waals surface area (Å²) in [6, 6.07) is 14.8. The average molecular weight is 439 g/mol. The van der Waals surface area contributed by atoms with Gasteiger partial charge >= 0.3 is 0 Å². The number of rotatable bonds is 5. The molecule has 0 aliphatic carbocycles. The van der Waals surface area contributed by atoms with Gasteiger partial charge in [-0.3, -0.25) is 14.4 Å². The van der Waals surface area contributed by atoms with Crippen LogP contribution in [-0.4, -0.2) is 33.9 Å². The highest BCUT2D eigenvalue weighted by molar-refractivity contribution is 9.10. The number of nitrogens with one attached hydrogen (secondary N) is 1. The molecule has 2 heterocycles. The average Bonchev–Trinajstić information content (AvgIpc) is 3.20. The predicted octanol–water partition coefficient (Wildman–Crippen LogP) is 3.83. The SMILES string of the molecule is CC(=O)C1C(=O)C(=O)N(CCc2c[nH]c3ccccc23)C1c1ccc(Br)cc1. The van der Waals surface area contributed by atoms with Gasteiger partial charge in [0, 0.05) is 28.1 Å². The molecule has 2 aromatic carbocycles. The van der Waals surface area contributed by atoms with E-state index in [1.54, 1.807) is 4.90 Å². The van der Waals surface area contributed by atoms with Gasteiger partial charge in [0.2, 0.25) is 5.78 Å². The molecule has 1 aliphatic heterocycles. The van der Waals surface area contributed by atoms with Crippen LogP contribution in [0.5, 0.6) is 0 Å². The molecule has 1 amide bonds. The van der Waals surface area contributed by atoms with Gasteiger partial charge in [-0.1, -0.05) is 46.3 Å². The first kappa shape index (κ1) is 18.6. The fourth-order valence-corrected chi connectivity index (χ4v) is 4.25. The lowest BCUT2D eigenvalue weighted by atomic mass is 9.90. The minimum atomic E-state index is -0.948. The van der Waals surface area contributed by atoms with E-state index >= 15 is 0 Å². The molecule has 6 heteroatoms. The molecule has 0 spiro atoms. The number of amides is 1. The normalized spacial score (nSPS) is 19.6. The van der Waals surface area contributed by atoms with Gasteiger partial charge in [-0.25, -0.2) is 0 Å². The van der Waals surface area contributed by atoms with Crippen LogP contribution in [-0.2, 0) is 20.8 Å².